The van der Waals surface area contributed by atoms with Gasteiger partial charge in [0.05, 0.1) is 11.2 Å². The van der Waals surface area contributed by atoms with Crippen LogP contribution in [0.3, 0.4) is 0 Å². The second kappa shape index (κ2) is 5.45. The number of fused-ring (bicyclic) bond motifs is 1. The summed E-state index contributed by atoms with van der Waals surface area (Å²) < 4.78 is 1.93. The second-order valence-electron chi connectivity index (χ2n) is 5.14. The quantitative estimate of drug-likeness (QED) is 0.712. The van der Waals surface area contributed by atoms with Crippen molar-refractivity contribution < 1.29 is 0 Å². The van der Waals surface area contributed by atoms with Crippen LogP contribution in [0.25, 0.3) is 16.6 Å². The molecule has 0 saturated carbocycles. The van der Waals surface area contributed by atoms with Crippen LogP contribution in [0.2, 0.25) is 0 Å². The number of nitrogens with zero attached hydrogens (tertiary/aromatic N) is 3. The van der Waals surface area contributed by atoms with Gasteiger partial charge >= 0.3 is 0 Å². The predicted octanol–water partition coefficient (Wildman–Crippen LogP) is 4.07. The Balaban J connectivity index is 2.04. The summed E-state index contributed by atoms with van der Waals surface area (Å²) >= 11 is 0. The highest BCUT2D eigenvalue weighted by molar-refractivity contribution is 5.81. The third-order valence-electron chi connectivity index (χ3n) is 3.55. The molecule has 0 N–H and O–H groups in total. The van der Waals surface area contributed by atoms with Gasteiger partial charge in [-0.1, -0.05) is 31.5 Å². The van der Waals surface area contributed by atoms with Crippen LogP contribution in [0, 0.1) is 6.92 Å². The first-order valence-corrected chi connectivity index (χ1v) is 7.19. The van der Waals surface area contributed by atoms with E-state index in [4.69, 9.17) is 4.98 Å². The Morgan fingerprint density at radius 1 is 1.15 bits per heavy atom. The fourth-order valence-electron chi connectivity index (χ4n) is 2.44. The van der Waals surface area contributed by atoms with Crippen LogP contribution in [-0.2, 0) is 6.42 Å². The Kier molecular flexibility index (Phi) is 3.50. The van der Waals surface area contributed by atoms with E-state index >= 15 is 0 Å². The lowest BCUT2D eigenvalue weighted by Crippen LogP contribution is -1.93. The molecule has 1 aromatic carbocycles. The predicted molar refractivity (Wildman–Crippen MR) is 82.2 cm³/mol. The average molecular weight is 265 g/mol. The van der Waals surface area contributed by atoms with E-state index in [0.29, 0.717) is 0 Å². The first kappa shape index (κ1) is 12.9. The molecule has 0 aliphatic carbocycles. The number of para-hydroxylation sites is 1. The van der Waals surface area contributed by atoms with E-state index < -0.39 is 0 Å². The van der Waals surface area contributed by atoms with E-state index in [-0.39, 0.29) is 0 Å². The van der Waals surface area contributed by atoms with Crippen molar-refractivity contribution in [3.8, 4) is 5.69 Å². The average Bonchev–Trinajstić information content (AvgIpc) is 2.91. The highest BCUT2D eigenvalue weighted by Gasteiger charge is 2.08. The topological polar surface area (TPSA) is 30.7 Å². The minimum absolute atomic E-state index is 1.03. The van der Waals surface area contributed by atoms with Gasteiger partial charge in [-0.05, 0) is 38.0 Å². The smallest absolute Gasteiger partial charge is 0.0964 e. The Hall–Kier alpha value is -2.16. The molecule has 0 fully saturated rings. The first-order valence-electron chi connectivity index (χ1n) is 7.19. The minimum atomic E-state index is 1.03. The van der Waals surface area contributed by atoms with Crippen LogP contribution >= 0.6 is 0 Å². The summed E-state index contributed by atoms with van der Waals surface area (Å²) in [6.07, 6.45) is 5.47. The molecule has 20 heavy (non-hydrogen) atoms. The minimum Gasteiger partial charge on any atom is -0.257 e. The van der Waals surface area contributed by atoms with Crippen molar-refractivity contribution in [1.29, 1.82) is 0 Å². The largest absolute Gasteiger partial charge is 0.257 e. The number of hydrogen-bond acceptors (Lipinski definition) is 2. The third kappa shape index (κ3) is 2.44. The molecule has 3 aromatic rings. The molecule has 2 heterocycles. The van der Waals surface area contributed by atoms with Crippen LogP contribution < -0.4 is 0 Å². The van der Waals surface area contributed by atoms with Crippen molar-refractivity contribution in [3.63, 3.8) is 0 Å². The zero-order chi connectivity index (χ0) is 13.9. The zero-order valence-electron chi connectivity index (χ0n) is 12.0. The third-order valence-corrected chi connectivity index (χ3v) is 3.55. The number of benzene rings is 1. The van der Waals surface area contributed by atoms with Crippen molar-refractivity contribution in [2.75, 3.05) is 0 Å². The Labute approximate surface area is 119 Å². The van der Waals surface area contributed by atoms with Crippen molar-refractivity contribution in [2.45, 2.75) is 33.1 Å². The summed E-state index contributed by atoms with van der Waals surface area (Å²) in [5.74, 6) is 0. The first-order chi connectivity index (χ1) is 9.78. The number of aromatic nitrogens is 3. The molecule has 0 saturated heterocycles. The normalized spacial score (nSPS) is 11.1. The molecule has 3 rings (SSSR count). The van der Waals surface area contributed by atoms with Gasteiger partial charge in [-0.2, -0.15) is 5.10 Å². The maximum atomic E-state index is 4.69. The number of aryl methyl sites for hydroxylation is 2. The van der Waals surface area contributed by atoms with Gasteiger partial charge in [-0.15, -0.1) is 0 Å². The van der Waals surface area contributed by atoms with E-state index in [9.17, 15) is 0 Å². The summed E-state index contributed by atoms with van der Waals surface area (Å²) in [6.45, 7) is 4.27. The van der Waals surface area contributed by atoms with Gasteiger partial charge in [0.25, 0.3) is 0 Å². The SMILES string of the molecule is CCCCc1cc2nn(-c3ccccc3)cc2c(C)n1. The maximum absolute atomic E-state index is 4.69. The van der Waals surface area contributed by atoms with Crippen LogP contribution in [0.5, 0.6) is 0 Å². The van der Waals surface area contributed by atoms with E-state index in [2.05, 4.69) is 43.3 Å². The van der Waals surface area contributed by atoms with Gasteiger partial charge in [0.1, 0.15) is 0 Å². The van der Waals surface area contributed by atoms with Gasteiger partial charge in [0.2, 0.25) is 0 Å². The van der Waals surface area contributed by atoms with Crippen LogP contribution in [0.4, 0.5) is 0 Å². The van der Waals surface area contributed by atoms with Crippen LogP contribution in [0.1, 0.15) is 31.2 Å². The summed E-state index contributed by atoms with van der Waals surface area (Å²) in [6, 6.07) is 12.3. The van der Waals surface area contributed by atoms with Crippen molar-refractivity contribution in [2.24, 2.45) is 0 Å². The zero-order valence-corrected chi connectivity index (χ0v) is 12.0. The molecule has 0 spiro atoms. The monoisotopic (exact) mass is 265 g/mol. The standard InChI is InChI=1S/C17H19N3/c1-3-4-8-14-11-17-16(13(2)18-14)12-20(19-17)15-9-6-5-7-10-15/h5-7,9-12H,3-4,8H2,1-2H3. The number of unbranched alkanes of at least 4 members (excludes halogenated alkanes) is 1. The lowest BCUT2D eigenvalue weighted by atomic mass is 10.1. The molecule has 2 aromatic heterocycles. The molecule has 3 nitrogen and oxygen atoms in total. The lowest BCUT2D eigenvalue weighted by Gasteiger charge is -2.01. The molecule has 102 valence electrons. The van der Waals surface area contributed by atoms with Gasteiger partial charge < -0.3 is 0 Å². The van der Waals surface area contributed by atoms with E-state index in [1.165, 1.54) is 12.8 Å². The van der Waals surface area contributed by atoms with Crippen LogP contribution in [0.15, 0.2) is 42.6 Å². The van der Waals surface area contributed by atoms with Crippen molar-refractivity contribution in [3.05, 3.63) is 54.0 Å². The number of rotatable bonds is 4. The van der Waals surface area contributed by atoms with E-state index in [1.54, 1.807) is 0 Å². The Morgan fingerprint density at radius 2 is 1.95 bits per heavy atom. The van der Waals surface area contributed by atoms with Gasteiger partial charge in [0, 0.05) is 23.0 Å². The fourth-order valence-corrected chi connectivity index (χ4v) is 2.44. The maximum Gasteiger partial charge on any atom is 0.0964 e. The highest BCUT2D eigenvalue weighted by Crippen LogP contribution is 2.20. The van der Waals surface area contributed by atoms with E-state index in [1.807, 2.05) is 22.9 Å². The molecular weight excluding hydrogens is 246 g/mol. The summed E-state index contributed by atoms with van der Waals surface area (Å²) in [7, 11) is 0. The molecule has 0 aliphatic rings. The summed E-state index contributed by atoms with van der Waals surface area (Å²) in [4.78, 5) is 4.69. The molecular formula is C17H19N3. The molecule has 0 atom stereocenters. The Morgan fingerprint density at radius 3 is 2.70 bits per heavy atom. The van der Waals surface area contributed by atoms with Gasteiger partial charge in [-0.3, -0.25) is 4.98 Å². The van der Waals surface area contributed by atoms with Gasteiger partial charge in [-0.25, -0.2) is 4.68 Å². The van der Waals surface area contributed by atoms with E-state index in [0.717, 1.165) is 34.4 Å². The molecule has 0 radical (unpaired) electrons. The fraction of sp³-hybridized carbons (Fsp3) is 0.294. The molecule has 0 bridgehead atoms. The molecule has 0 amide bonds. The second-order valence-corrected chi connectivity index (χ2v) is 5.14. The summed E-state index contributed by atoms with van der Waals surface area (Å²) in [5, 5.41) is 5.82. The molecule has 3 heteroatoms. The number of hydrogen-bond donors (Lipinski definition) is 0. The van der Waals surface area contributed by atoms with Crippen molar-refractivity contribution >= 4 is 10.9 Å². The summed E-state index contributed by atoms with van der Waals surface area (Å²) in [5.41, 5.74) is 4.33. The van der Waals surface area contributed by atoms with Gasteiger partial charge in [0.15, 0.2) is 0 Å². The van der Waals surface area contributed by atoms with Crippen molar-refractivity contribution in [1.82, 2.24) is 14.8 Å². The Bertz CT molecular complexity index is 714. The molecule has 0 aliphatic heterocycles. The van der Waals surface area contributed by atoms with Crippen LogP contribution in [-0.4, -0.2) is 14.8 Å². The lowest BCUT2D eigenvalue weighted by molar-refractivity contribution is 0.775. The highest BCUT2D eigenvalue weighted by atomic mass is 15.3. The molecule has 0 unspecified atom stereocenters. The number of pyridine rings is 1.